The molecule has 0 aliphatic heterocycles. The van der Waals surface area contributed by atoms with Crippen LogP contribution in [0, 0.1) is 5.92 Å². The van der Waals surface area contributed by atoms with Crippen molar-refractivity contribution in [2.75, 3.05) is 0 Å². The Labute approximate surface area is 179 Å². The van der Waals surface area contributed by atoms with Crippen molar-refractivity contribution in [1.29, 1.82) is 0 Å². The Kier molecular flexibility index (Phi) is 5.43. The summed E-state index contributed by atoms with van der Waals surface area (Å²) in [6.07, 6.45) is 2.87. The van der Waals surface area contributed by atoms with Crippen LogP contribution < -0.4 is 21.3 Å². The zero-order chi connectivity index (χ0) is 22.3. The van der Waals surface area contributed by atoms with E-state index in [1.807, 2.05) is 0 Å². The molecule has 9 heteroatoms. The molecule has 2 heterocycles. The molecule has 31 heavy (non-hydrogen) atoms. The van der Waals surface area contributed by atoms with Gasteiger partial charge in [0.2, 0.25) is 0 Å². The standard InChI is InChI=1S/C22H27N5O4/c1-13(2)11-12-27-17-18(25(3)22(30)26(4)20(17)29)24-21(27)31-16-9-5-14(6-10-16)19(28)23-15-7-8-15/h5-6,9-10,13,15H,7-8,11-12H2,1-4H3,(H,23,28). The number of fused-ring (bicyclic) bond motifs is 1. The van der Waals surface area contributed by atoms with E-state index >= 15 is 0 Å². The van der Waals surface area contributed by atoms with Gasteiger partial charge in [-0.05, 0) is 49.4 Å². The molecule has 0 unspecified atom stereocenters. The SMILES string of the molecule is CC(C)CCn1c(Oc2ccc(C(=O)NC3CC3)cc2)nc2c1c(=O)n(C)c(=O)n2C. The maximum absolute atomic E-state index is 12.8. The fourth-order valence-electron chi connectivity index (χ4n) is 3.38. The molecule has 0 atom stereocenters. The van der Waals surface area contributed by atoms with E-state index in [0.29, 0.717) is 35.3 Å². The third-order valence-electron chi connectivity index (χ3n) is 5.48. The molecular weight excluding hydrogens is 398 g/mol. The average Bonchev–Trinajstić information content (AvgIpc) is 3.48. The summed E-state index contributed by atoms with van der Waals surface area (Å²) in [6.45, 7) is 4.72. The lowest BCUT2D eigenvalue weighted by molar-refractivity contribution is 0.0951. The molecule has 164 valence electrons. The molecule has 2 aromatic heterocycles. The molecule has 1 saturated carbocycles. The van der Waals surface area contributed by atoms with E-state index in [9.17, 15) is 14.4 Å². The van der Waals surface area contributed by atoms with Crippen molar-refractivity contribution in [1.82, 2.24) is 24.0 Å². The monoisotopic (exact) mass is 425 g/mol. The highest BCUT2D eigenvalue weighted by Crippen LogP contribution is 2.26. The van der Waals surface area contributed by atoms with E-state index in [2.05, 4.69) is 24.1 Å². The number of amides is 1. The number of nitrogens with one attached hydrogen (secondary N) is 1. The highest BCUT2D eigenvalue weighted by Gasteiger charge is 2.24. The summed E-state index contributed by atoms with van der Waals surface area (Å²) in [5.41, 5.74) is 0.330. The molecule has 0 bridgehead atoms. The molecule has 4 rings (SSSR count). The first-order chi connectivity index (χ1) is 14.8. The smallest absolute Gasteiger partial charge is 0.332 e. The van der Waals surface area contributed by atoms with Crippen molar-refractivity contribution in [3.05, 3.63) is 50.7 Å². The number of imidazole rings is 1. The minimum absolute atomic E-state index is 0.100. The average molecular weight is 425 g/mol. The van der Waals surface area contributed by atoms with Crippen LogP contribution in [0.15, 0.2) is 33.9 Å². The number of carbonyl (C=O) groups excluding carboxylic acids is 1. The molecule has 1 fully saturated rings. The highest BCUT2D eigenvalue weighted by molar-refractivity contribution is 5.94. The van der Waals surface area contributed by atoms with Crippen LogP contribution in [0.2, 0.25) is 0 Å². The van der Waals surface area contributed by atoms with Crippen LogP contribution in [0.5, 0.6) is 11.8 Å². The number of nitrogens with zero attached hydrogens (tertiary/aromatic N) is 4. The summed E-state index contributed by atoms with van der Waals surface area (Å²) < 4.78 is 10.2. The maximum atomic E-state index is 12.8. The third-order valence-corrected chi connectivity index (χ3v) is 5.48. The van der Waals surface area contributed by atoms with E-state index in [1.165, 1.54) is 11.6 Å². The van der Waals surface area contributed by atoms with Crippen molar-refractivity contribution < 1.29 is 9.53 Å². The number of hydrogen-bond acceptors (Lipinski definition) is 5. The van der Waals surface area contributed by atoms with Gasteiger partial charge in [-0.15, -0.1) is 0 Å². The van der Waals surface area contributed by atoms with E-state index in [4.69, 9.17) is 4.74 Å². The first kappa shape index (κ1) is 20.9. The number of hydrogen-bond donors (Lipinski definition) is 1. The van der Waals surface area contributed by atoms with Crippen molar-refractivity contribution >= 4 is 17.1 Å². The number of ether oxygens (including phenoxy) is 1. The lowest BCUT2D eigenvalue weighted by Crippen LogP contribution is -2.37. The number of carbonyl (C=O) groups is 1. The Morgan fingerprint density at radius 2 is 1.84 bits per heavy atom. The van der Waals surface area contributed by atoms with Crippen LogP contribution >= 0.6 is 0 Å². The van der Waals surface area contributed by atoms with Crippen molar-refractivity contribution in [3.63, 3.8) is 0 Å². The molecule has 1 aromatic carbocycles. The minimum atomic E-state index is -0.441. The van der Waals surface area contributed by atoms with Gasteiger partial charge in [0.1, 0.15) is 5.75 Å². The third kappa shape index (κ3) is 4.12. The maximum Gasteiger partial charge on any atom is 0.332 e. The predicted molar refractivity (Wildman–Crippen MR) is 117 cm³/mol. The molecule has 0 radical (unpaired) electrons. The van der Waals surface area contributed by atoms with Gasteiger partial charge in [0.25, 0.3) is 11.5 Å². The van der Waals surface area contributed by atoms with Crippen LogP contribution in [-0.2, 0) is 20.6 Å². The molecule has 9 nitrogen and oxygen atoms in total. The molecule has 1 aliphatic carbocycles. The van der Waals surface area contributed by atoms with Gasteiger partial charge < -0.3 is 10.1 Å². The van der Waals surface area contributed by atoms with Gasteiger partial charge in [0, 0.05) is 32.2 Å². The van der Waals surface area contributed by atoms with Crippen LogP contribution in [0.1, 0.15) is 43.5 Å². The van der Waals surface area contributed by atoms with Crippen LogP contribution in [0.4, 0.5) is 0 Å². The fraction of sp³-hybridized carbons (Fsp3) is 0.455. The molecule has 0 saturated heterocycles. The summed E-state index contributed by atoms with van der Waals surface area (Å²) in [5.74, 6) is 0.800. The van der Waals surface area contributed by atoms with E-state index in [-0.39, 0.29) is 17.6 Å². The van der Waals surface area contributed by atoms with Gasteiger partial charge >= 0.3 is 11.7 Å². The first-order valence-corrected chi connectivity index (χ1v) is 10.5. The molecule has 3 aromatic rings. The normalized spacial score (nSPS) is 13.7. The van der Waals surface area contributed by atoms with Crippen molar-refractivity contribution in [2.45, 2.75) is 45.7 Å². The Balaban J connectivity index is 1.70. The predicted octanol–water partition coefficient (Wildman–Crippen LogP) is 2.16. The summed E-state index contributed by atoms with van der Waals surface area (Å²) in [6, 6.07) is 7.32. The number of benzene rings is 1. The quantitative estimate of drug-likeness (QED) is 0.625. The van der Waals surface area contributed by atoms with Crippen LogP contribution in [0.3, 0.4) is 0 Å². The van der Waals surface area contributed by atoms with Gasteiger partial charge in [-0.25, -0.2) is 4.79 Å². The van der Waals surface area contributed by atoms with Crippen molar-refractivity contribution in [3.8, 4) is 11.8 Å². The van der Waals surface area contributed by atoms with Crippen molar-refractivity contribution in [2.24, 2.45) is 20.0 Å². The lowest BCUT2D eigenvalue weighted by Gasteiger charge is -2.11. The Bertz CT molecular complexity index is 1250. The lowest BCUT2D eigenvalue weighted by atomic mass is 10.1. The summed E-state index contributed by atoms with van der Waals surface area (Å²) in [5, 5.41) is 2.95. The zero-order valence-corrected chi connectivity index (χ0v) is 18.2. The molecular formula is C22H27N5O4. The summed E-state index contributed by atoms with van der Waals surface area (Å²) in [4.78, 5) is 41.8. The molecule has 0 spiro atoms. The largest absolute Gasteiger partial charge is 0.425 e. The van der Waals surface area contributed by atoms with Crippen LogP contribution in [-0.4, -0.2) is 30.6 Å². The second kappa shape index (κ2) is 8.05. The Hall–Kier alpha value is -3.36. The van der Waals surface area contributed by atoms with Gasteiger partial charge in [0.05, 0.1) is 0 Å². The zero-order valence-electron chi connectivity index (χ0n) is 18.2. The summed E-state index contributed by atoms with van der Waals surface area (Å²) in [7, 11) is 3.04. The van der Waals surface area contributed by atoms with E-state index in [0.717, 1.165) is 23.8 Å². The first-order valence-electron chi connectivity index (χ1n) is 10.5. The number of rotatable bonds is 7. The van der Waals surface area contributed by atoms with Crippen LogP contribution in [0.25, 0.3) is 11.2 Å². The summed E-state index contributed by atoms with van der Waals surface area (Å²) >= 11 is 0. The van der Waals surface area contributed by atoms with E-state index < -0.39 is 11.2 Å². The van der Waals surface area contributed by atoms with Gasteiger partial charge in [-0.2, -0.15) is 4.98 Å². The molecule has 1 amide bonds. The van der Waals surface area contributed by atoms with Gasteiger partial charge in [-0.3, -0.25) is 23.3 Å². The highest BCUT2D eigenvalue weighted by atomic mass is 16.5. The molecule has 1 N–H and O–H groups in total. The van der Waals surface area contributed by atoms with Gasteiger partial charge in [0.15, 0.2) is 11.2 Å². The number of aromatic nitrogens is 4. The number of aryl methyl sites for hydroxylation is 2. The Morgan fingerprint density at radius 3 is 2.45 bits per heavy atom. The second-order valence-electron chi connectivity index (χ2n) is 8.48. The van der Waals surface area contributed by atoms with E-state index in [1.54, 1.807) is 35.9 Å². The fourth-order valence-corrected chi connectivity index (χ4v) is 3.38. The minimum Gasteiger partial charge on any atom is -0.425 e. The second-order valence-corrected chi connectivity index (χ2v) is 8.48. The topological polar surface area (TPSA) is 100 Å². The molecule has 1 aliphatic rings. The van der Waals surface area contributed by atoms with Gasteiger partial charge in [-0.1, -0.05) is 13.8 Å². The Morgan fingerprint density at radius 1 is 1.16 bits per heavy atom.